The van der Waals surface area contributed by atoms with Crippen molar-refractivity contribution in [3.05, 3.63) is 115 Å². The number of amides is 1. The molecule has 4 rings (SSSR count). The molecule has 0 saturated heterocycles. The molecular weight excluding hydrogens is 382 g/mol. The number of hydrogen-bond acceptors (Lipinski definition) is 2. The lowest BCUT2D eigenvalue weighted by Crippen LogP contribution is -2.31. The van der Waals surface area contributed by atoms with E-state index in [0.29, 0.717) is 6.54 Å². The van der Waals surface area contributed by atoms with Gasteiger partial charge in [0.15, 0.2) is 0 Å². The zero-order valence-electron chi connectivity index (χ0n) is 17.8. The number of aryl methyl sites for hydroxylation is 1. The summed E-state index contributed by atoms with van der Waals surface area (Å²) in [7, 11) is 1.88. The molecule has 0 saturated carbocycles. The zero-order valence-corrected chi connectivity index (χ0v) is 17.8. The SMILES string of the molecule is CN(CC(CCn1cnc(-c2ccccc2)c1)c1ccccc1)C(=O)c1ccccc1. The van der Waals surface area contributed by atoms with E-state index in [1.807, 2.05) is 72.9 Å². The molecule has 1 unspecified atom stereocenters. The van der Waals surface area contributed by atoms with Gasteiger partial charge in [-0.15, -0.1) is 0 Å². The second kappa shape index (κ2) is 9.90. The highest BCUT2D eigenvalue weighted by Gasteiger charge is 2.19. The van der Waals surface area contributed by atoms with Crippen LogP contribution in [0, 0.1) is 0 Å². The number of imidazole rings is 1. The van der Waals surface area contributed by atoms with Crippen LogP contribution in [0.5, 0.6) is 0 Å². The molecule has 156 valence electrons. The standard InChI is InChI=1S/C27H27N3O/c1-29(27(31)24-15-9-4-10-16-24)19-25(22-11-5-2-6-12-22)17-18-30-20-26(28-21-30)23-13-7-3-8-14-23/h2-16,20-21,25H,17-19H2,1H3. The molecule has 0 bridgehead atoms. The highest BCUT2D eigenvalue weighted by atomic mass is 16.2. The van der Waals surface area contributed by atoms with Crippen molar-refractivity contribution in [2.45, 2.75) is 18.9 Å². The van der Waals surface area contributed by atoms with Gasteiger partial charge in [-0.3, -0.25) is 4.79 Å². The fourth-order valence-corrected chi connectivity index (χ4v) is 3.85. The first-order valence-corrected chi connectivity index (χ1v) is 10.6. The van der Waals surface area contributed by atoms with Gasteiger partial charge >= 0.3 is 0 Å². The molecule has 4 heteroatoms. The third-order valence-corrected chi connectivity index (χ3v) is 5.57. The van der Waals surface area contributed by atoms with Crippen LogP contribution in [0.15, 0.2) is 104 Å². The van der Waals surface area contributed by atoms with Gasteiger partial charge in [0.05, 0.1) is 12.0 Å². The van der Waals surface area contributed by atoms with Gasteiger partial charge in [-0.25, -0.2) is 4.98 Å². The van der Waals surface area contributed by atoms with Crippen LogP contribution in [0.1, 0.15) is 28.3 Å². The summed E-state index contributed by atoms with van der Waals surface area (Å²) in [6.07, 6.45) is 4.90. The maximum absolute atomic E-state index is 12.9. The summed E-state index contributed by atoms with van der Waals surface area (Å²) >= 11 is 0. The number of nitrogens with zero attached hydrogens (tertiary/aromatic N) is 3. The van der Waals surface area contributed by atoms with Crippen LogP contribution in [0.25, 0.3) is 11.3 Å². The summed E-state index contributed by atoms with van der Waals surface area (Å²) in [5, 5.41) is 0. The Morgan fingerprint density at radius 2 is 1.52 bits per heavy atom. The first-order chi connectivity index (χ1) is 15.2. The molecule has 4 aromatic rings. The Hall–Kier alpha value is -3.66. The summed E-state index contributed by atoms with van der Waals surface area (Å²) in [4.78, 5) is 19.3. The van der Waals surface area contributed by atoms with Gasteiger partial charge in [-0.05, 0) is 24.1 Å². The molecule has 1 aromatic heterocycles. The molecule has 31 heavy (non-hydrogen) atoms. The van der Waals surface area contributed by atoms with E-state index in [0.717, 1.165) is 29.8 Å². The van der Waals surface area contributed by atoms with Gasteiger partial charge in [-0.2, -0.15) is 0 Å². The number of aromatic nitrogens is 2. The second-order valence-electron chi connectivity index (χ2n) is 7.81. The van der Waals surface area contributed by atoms with Crippen LogP contribution in [0.4, 0.5) is 0 Å². The Bertz CT molecular complexity index is 1090. The van der Waals surface area contributed by atoms with Crippen molar-refractivity contribution in [2.75, 3.05) is 13.6 Å². The van der Waals surface area contributed by atoms with Gasteiger partial charge < -0.3 is 9.47 Å². The van der Waals surface area contributed by atoms with E-state index in [-0.39, 0.29) is 11.8 Å². The molecule has 1 atom stereocenters. The number of carbonyl (C=O) groups excluding carboxylic acids is 1. The fourth-order valence-electron chi connectivity index (χ4n) is 3.85. The zero-order chi connectivity index (χ0) is 21.5. The maximum atomic E-state index is 12.9. The Kier molecular flexibility index (Phi) is 6.58. The number of hydrogen-bond donors (Lipinski definition) is 0. The van der Waals surface area contributed by atoms with Gasteiger partial charge in [-0.1, -0.05) is 78.9 Å². The quantitative estimate of drug-likeness (QED) is 0.386. The number of likely N-dealkylation sites (N-methyl/N-ethyl adjacent to an activating group) is 1. The molecule has 0 radical (unpaired) electrons. The second-order valence-corrected chi connectivity index (χ2v) is 7.81. The third kappa shape index (κ3) is 5.28. The average Bonchev–Trinajstić information content (AvgIpc) is 3.32. The first kappa shape index (κ1) is 20.6. The average molecular weight is 410 g/mol. The molecule has 4 nitrogen and oxygen atoms in total. The maximum Gasteiger partial charge on any atom is 0.253 e. The summed E-state index contributed by atoms with van der Waals surface area (Å²) in [6.45, 7) is 1.50. The van der Waals surface area contributed by atoms with Gasteiger partial charge in [0.1, 0.15) is 0 Å². The van der Waals surface area contributed by atoms with E-state index in [9.17, 15) is 4.79 Å². The summed E-state index contributed by atoms with van der Waals surface area (Å²) in [6, 6.07) is 30.1. The highest BCUT2D eigenvalue weighted by Crippen LogP contribution is 2.23. The Morgan fingerprint density at radius 3 is 2.19 bits per heavy atom. The largest absolute Gasteiger partial charge is 0.341 e. The molecule has 0 aliphatic heterocycles. The van der Waals surface area contributed by atoms with Crippen LogP contribution in [-0.4, -0.2) is 34.0 Å². The van der Waals surface area contributed by atoms with Crippen molar-refractivity contribution >= 4 is 5.91 Å². The predicted octanol–water partition coefficient (Wildman–Crippen LogP) is 5.50. The van der Waals surface area contributed by atoms with E-state index in [1.165, 1.54) is 5.56 Å². The van der Waals surface area contributed by atoms with Crippen LogP contribution >= 0.6 is 0 Å². The molecule has 3 aromatic carbocycles. The predicted molar refractivity (Wildman–Crippen MR) is 125 cm³/mol. The minimum absolute atomic E-state index is 0.0514. The first-order valence-electron chi connectivity index (χ1n) is 10.6. The molecule has 0 aliphatic carbocycles. The van der Waals surface area contributed by atoms with E-state index in [1.54, 1.807) is 0 Å². The summed E-state index contributed by atoms with van der Waals surface area (Å²) < 4.78 is 2.14. The van der Waals surface area contributed by atoms with E-state index < -0.39 is 0 Å². The van der Waals surface area contributed by atoms with E-state index >= 15 is 0 Å². The topological polar surface area (TPSA) is 38.1 Å². The van der Waals surface area contributed by atoms with Gasteiger partial charge in [0.2, 0.25) is 0 Å². The van der Waals surface area contributed by atoms with Crippen molar-refractivity contribution in [2.24, 2.45) is 0 Å². The van der Waals surface area contributed by atoms with E-state index in [4.69, 9.17) is 0 Å². The van der Waals surface area contributed by atoms with Crippen LogP contribution in [-0.2, 0) is 6.54 Å². The summed E-state index contributed by atoms with van der Waals surface area (Å²) in [5.41, 5.74) is 4.07. The Labute approximate surface area is 183 Å². The van der Waals surface area contributed by atoms with Crippen LogP contribution in [0.3, 0.4) is 0 Å². The van der Waals surface area contributed by atoms with E-state index in [2.05, 4.69) is 52.1 Å². The number of rotatable bonds is 8. The van der Waals surface area contributed by atoms with Crippen molar-refractivity contribution in [3.8, 4) is 11.3 Å². The minimum Gasteiger partial charge on any atom is -0.341 e. The summed E-state index contributed by atoms with van der Waals surface area (Å²) in [5.74, 6) is 0.289. The van der Waals surface area contributed by atoms with Crippen molar-refractivity contribution in [1.29, 1.82) is 0 Å². The van der Waals surface area contributed by atoms with Gasteiger partial charge in [0.25, 0.3) is 5.91 Å². The molecule has 0 aliphatic rings. The van der Waals surface area contributed by atoms with Gasteiger partial charge in [0, 0.05) is 43.4 Å². The molecule has 1 heterocycles. The monoisotopic (exact) mass is 409 g/mol. The number of benzene rings is 3. The smallest absolute Gasteiger partial charge is 0.253 e. The molecule has 0 fully saturated rings. The normalized spacial score (nSPS) is 11.8. The Balaban J connectivity index is 1.46. The fraction of sp³-hybridized carbons (Fsp3) is 0.185. The molecule has 0 N–H and O–H groups in total. The van der Waals surface area contributed by atoms with Crippen LogP contribution in [0.2, 0.25) is 0 Å². The molecule has 0 spiro atoms. The van der Waals surface area contributed by atoms with Crippen molar-refractivity contribution < 1.29 is 4.79 Å². The highest BCUT2D eigenvalue weighted by molar-refractivity contribution is 5.94. The Morgan fingerprint density at radius 1 is 0.903 bits per heavy atom. The lowest BCUT2D eigenvalue weighted by molar-refractivity contribution is 0.0784. The van der Waals surface area contributed by atoms with Crippen LogP contribution < -0.4 is 0 Å². The molecule has 1 amide bonds. The number of carbonyl (C=O) groups is 1. The lowest BCUT2D eigenvalue weighted by atomic mass is 9.95. The van der Waals surface area contributed by atoms with Crippen molar-refractivity contribution in [3.63, 3.8) is 0 Å². The third-order valence-electron chi connectivity index (χ3n) is 5.57. The lowest BCUT2D eigenvalue weighted by Gasteiger charge is -2.25. The molecular formula is C27H27N3O. The minimum atomic E-state index is 0.0514. The van der Waals surface area contributed by atoms with Crippen molar-refractivity contribution in [1.82, 2.24) is 14.5 Å².